The molecule has 0 aliphatic heterocycles. The van der Waals surface area contributed by atoms with Crippen molar-refractivity contribution in [2.75, 3.05) is 12.8 Å². The van der Waals surface area contributed by atoms with Crippen LogP contribution in [0.4, 0.5) is 5.69 Å². The van der Waals surface area contributed by atoms with Crippen LogP contribution in [0.3, 0.4) is 0 Å². The minimum atomic E-state index is -0.0943. The molecule has 0 spiro atoms. The fourth-order valence-corrected chi connectivity index (χ4v) is 1.92. The average Bonchev–Trinajstić information content (AvgIpc) is 2.41. The molecule has 2 rings (SSSR count). The van der Waals surface area contributed by atoms with Gasteiger partial charge in [-0.15, -0.1) is 0 Å². The first-order valence-corrected chi connectivity index (χ1v) is 6.09. The lowest BCUT2D eigenvalue weighted by Crippen LogP contribution is -2.27. The van der Waals surface area contributed by atoms with Gasteiger partial charge in [0, 0.05) is 19.8 Å². The van der Waals surface area contributed by atoms with Crippen LogP contribution in [0.15, 0.2) is 42.7 Å². The van der Waals surface area contributed by atoms with E-state index in [4.69, 9.17) is 5.73 Å². The second kappa shape index (κ2) is 5.52. The van der Waals surface area contributed by atoms with Gasteiger partial charge in [-0.3, -0.25) is 9.78 Å². The fraction of sp³-hybridized carbons (Fsp3) is 0.200. The highest BCUT2D eigenvalue weighted by Gasteiger charge is 2.15. The van der Waals surface area contributed by atoms with Crippen LogP contribution in [0.5, 0.6) is 0 Å². The Morgan fingerprint density at radius 2 is 2.05 bits per heavy atom. The molecule has 0 atom stereocenters. The number of nitrogen functional groups attached to an aromatic ring is 1. The molecule has 0 fully saturated rings. The number of nitrogens with zero attached hydrogens (tertiary/aromatic N) is 2. The van der Waals surface area contributed by atoms with Crippen molar-refractivity contribution in [2.45, 2.75) is 13.5 Å². The van der Waals surface area contributed by atoms with E-state index in [-0.39, 0.29) is 5.91 Å². The van der Waals surface area contributed by atoms with Crippen molar-refractivity contribution in [3.05, 3.63) is 59.4 Å². The van der Waals surface area contributed by atoms with Crippen molar-refractivity contribution >= 4 is 11.6 Å². The van der Waals surface area contributed by atoms with Gasteiger partial charge in [-0.05, 0) is 24.1 Å². The summed E-state index contributed by atoms with van der Waals surface area (Å²) >= 11 is 0. The van der Waals surface area contributed by atoms with Crippen LogP contribution in [0.2, 0.25) is 0 Å². The van der Waals surface area contributed by atoms with Gasteiger partial charge in [0.05, 0.1) is 17.4 Å². The van der Waals surface area contributed by atoms with Crippen molar-refractivity contribution in [2.24, 2.45) is 0 Å². The Hall–Kier alpha value is -2.36. The quantitative estimate of drug-likeness (QED) is 0.915. The highest BCUT2D eigenvalue weighted by Crippen LogP contribution is 2.15. The number of nitrogens with two attached hydrogens (primary N) is 1. The first-order chi connectivity index (χ1) is 9.09. The minimum absolute atomic E-state index is 0.0943. The Morgan fingerprint density at radius 3 is 2.74 bits per heavy atom. The van der Waals surface area contributed by atoms with Gasteiger partial charge in [0.1, 0.15) is 0 Å². The number of benzene rings is 1. The number of aryl methyl sites for hydroxylation is 1. The third-order valence-electron chi connectivity index (χ3n) is 3.10. The van der Waals surface area contributed by atoms with E-state index in [0.717, 1.165) is 5.56 Å². The lowest BCUT2D eigenvalue weighted by molar-refractivity contribution is 0.0786. The topological polar surface area (TPSA) is 59.2 Å². The molecule has 1 heterocycles. The van der Waals surface area contributed by atoms with Crippen LogP contribution in [-0.2, 0) is 6.54 Å². The molecule has 0 aliphatic rings. The van der Waals surface area contributed by atoms with Crippen molar-refractivity contribution in [1.82, 2.24) is 9.88 Å². The second-order valence-electron chi connectivity index (χ2n) is 4.55. The van der Waals surface area contributed by atoms with Crippen LogP contribution in [-0.4, -0.2) is 22.8 Å². The zero-order valence-electron chi connectivity index (χ0n) is 11.1. The van der Waals surface area contributed by atoms with Crippen LogP contribution in [0.1, 0.15) is 21.5 Å². The largest absolute Gasteiger partial charge is 0.397 e. The molecule has 1 aromatic carbocycles. The van der Waals surface area contributed by atoms with Crippen molar-refractivity contribution in [3.8, 4) is 0 Å². The van der Waals surface area contributed by atoms with E-state index in [2.05, 4.69) is 4.98 Å². The highest BCUT2D eigenvalue weighted by atomic mass is 16.2. The zero-order valence-corrected chi connectivity index (χ0v) is 11.1. The predicted octanol–water partition coefficient (Wildman–Crippen LogP) is 2.24. The Balaban J connectivity index is 2.17. The molecule has 19 heavy (non-hydrogen) atoms. The Morgan fingerprint density at radius 1 is 1.32 bits per heavy atom. The van der Waals surface area contributed by atoms with E-state index in [0.29, 0.717) is 17.8 Å². The van der Waals surface area contributed by atoms with E-state index < -0.39 is 0 Å². The van der Waals surface area contributed by atoms with Gasteiger partial charge in [-0.2, -0.15) is 0 Å². The summed E-state index contributed by atoms with van der Waals surface area (Å²) in [5.41, 5.74) is 8.97. The number of carbonyl (C=O) groups is 1. The first kappa shape index (κ1) is 13.1. The Kier molecular flexibility index (Phi) is 3.80. The van der Waals surface area contributed by atoms with Crippen LogP contribution in [0, 0.1) is 6.92 Å². The molecule has 2 aromatic rings. The third kappa shape index (κ3) is 2.91. The number of hydrogen-bond donors (Lipinski definition) is 1. The Labute approximate surface area is 112 Å². The van der Waals surface area contributed by atoms with Gasteiger partial charge in [0.25, 0.3) is 5.91 Å². The molecule has 0 saturated carbocycles. The molecule has 0 saturated heterocycles. The molecule has 1 aromatic heterocycles. The van der Waals surface area contributed by atoms with Crippen LogP contribution >= 0.6 is 0 Å². The predicted molar refractivity (Wildman–Crippen MR) is 75.6 cm³/mol. The van der Waals surface area contributed by atoms with E-state index in [1.165, 1.54) is 11.8 Å². The molecule has 98 valence electrons. The maximum absolute atomic E-state index is 12.3. The number of carbonyl (C=O) groups excluding carboxylic acids is 1. The molecular weight excluding hydrogens is 238 g/mol. The molecule has 4 nitrogen and oxygen atoms in total. The van der Waals surface area contributed by atoms with E-state index in [1.54, 1.807) is 24.2 Å². The van der Waals surface area contributed by atoms with Gasteiger partial charge < -0.3 is 10.6 Å². The standard InChI is InChI=1S/C15H17N3O/c1-11-5-3-4-6-12(11)10-18(2)15(19)13-7-8-17-9-14(13)16/h3-9H,10,16H2,1-2H3. The highest BCUT2D eigenvalue weighted by molar-refractivity contribution is 5.98. The number of anilines is 1. The second-order valence-corrected chi connectivity index (χ2v) is 4.55. The summed E-state index contributed by atoms with van der Waals surface area (Å²) in [6, 6.07) is 9.67. The minimum Gasteiger partial charge on any atom is -0.397 e. The summed E-state index contributed by atoms with van der Waals surface area (Å²) in [5, 5.41) is 0. The molecule has 4 heteroatoms. The number of rotatable bonds is 3. The van der Waals surface area contributed by atoms with Gasteiger partial charge in [0.2, 0.25) is 0 Å². The lowest BCUT2D eigenvalue weighted by Gasteiger charge is -2.19. The summed E-state index contributed by atoms with van der Waals surface area (Å²) in [5.74, 6) is -0.0943. The monoisotopic (exact) mass is 255 g/mol. The lowest BCUT2D eigenvalue weighted by atomic mass is 10.1. The summed E-state index contributed by atoms with van der Waals surface area (Å²) in [7, 11) is 1.77. The Bertz CT molecular complexity index is 595. The maximum atomic E-state index is 12.3. The molecule has 0 bridgehead atoms. The molecule has 0 radical (unpaired) electrons. The van der Waals surface area contributed by atoms with Gasteiger partial charge in [-0.1, -0.05) is 24.3 Å². The smallest absolute Gasteiger partial charge is 0.256 e. The van der Waals surface area contributed by atoms with Crippen molar-refractivity contribution in [3.63, 3.8) is 0 Å². The molecule has 2 N–H and O–H groups in total. The van der Waals surface area contributed by atoms with Gasteiger partial charge >= 0.3 is 0 Å². The number of amides is 1. The van der Waals surface area contributed by atoms with E-state index >= 15 is 0 Å². The number of aromatic nitrogens is 1. The molecule has 0 aliphatic carbocycles. The third-order valence-corrected chi connectivity index (χ3v) is 3.10. The summed E-state index contributed by atoms with van der Waals surface area (Å²) in [4.78, 5) is 17.8. The number of hydrogen-bond acceptors (Lipinski definition) is 3. The summed E-state index contributed by atoms with van der Waals surface area (Å²) < 4.78 is 0. The maximum Gasteiger partial charge on any atom is 0.256 e. The normalized spacial score (nSPS) is 10.2. The summed E-state index contributed by atoms with van der Waals surface area (Å²) in [6.45, 7) is 2.60. The van der Waals surface area contributed by atoms with Gasteiger partial charge in [0.15, 0.2) is 0 Å². The van der Waals surface area contributed by atoms with Crippen molar-refractivity contribution in [1.29, 1.82) is 0 Å². The zero-order chi connectivity index (χ0) is 13.8. The van der Waals surface area contributed by atoms with E-state index in [9.17, 15) is 4.79 Å². The summed E-state index contributed by atoms with van der Waals surface area (Å²) in [6.07, 6.45) is 3.07. The van der Waals surface area contributed by atoms with E-state index in [1.807, 2.05) is 31.2 Å². The molecular formula is C15H17N3O. The fourth-order valence-electron chi connectivity index (χ4n) is 1.92. The van der Waals surface area contributed by atoms with Crippen LogP contribution < -0.4 is 5.73 Å². The molecule has 1 amide bonds. The number of pyridine rings is 1. The van der Waals surface area contributed by atoms with Crippen molar-refractivity contribution < 1.29 is 4.79 Å². The van der Waals surface area contributed by atoms with Crippen LogP contribution in [0.25, 0.3) is 0 Å². The average molecular weight is 255 g/mol. The SMILES string of the molecule is Cc1ccccc1CN(C)C(=O)c1ccncc1N. The molecule has 0 unspecified atom stereocenters. The van der Waals surface area contributed by atoms with Gasteiger partial charge in [-0.25, -0.2) is 0 Å². The first-order valence-electron chi connectivity index (χ1n) is 6.09.